The Morgan fingerprint density at radius 3 is 0.875 bits per heavy atom. The monoisotopic (exact) mass is 1500 g/mol. The van der Waals surface area contributed by atoms with E-state index in [-0.39, 0.29) is 25.7 Å². The molecule has 0 heterocycles. The van der Waals surface area contributed by atoms with Gasteiger partial charge in [-0.3, -0.25) is 37.3 Å². The maximum absolute atomic E-state index is 13.1. The molecule has 0 saturated carbocycles. The molecule has 0 amide bonds. The molecule has 17 nitrogen and oxygen atoms in total. The van der Waals surface area contributed by atoms with Gasteiger partial charge < -0.3 is 33.8 Å². The molecule has 0 aromatic carbocycles. The van der Waals surface area contributed by atoms with Crippen LogP contribution < -0.4 is 0 Å². The van der Waals surface area contributed by atoms with Gasteiger partial charge in [0.05, 0.1) is 26.4 Å². The normalized spacial score (nSPS) is 14.6. The highest BCUT2D eigenvalue weighted by atomic mass is 31.2. The Hall–Kier alpha value is -4.80. The number of carbonyl (C=O) groups excluding carboxylic acids is 4. The maximum Gasteiger partial charge on any atom is 0.472 e. The van der Waals surface area contributed by atoms with E-state index in [2.05, 4.69) is 149 Å². The molecule has 104 heavy (non-hydrogen) atoms. The number of ether oxygens (including phenoxy) is 4. The fourth-order valence-corrected chi connectivity index (χ4v) is 12.0. The van der Waals surface area contributed by atoms with Crippen LogP contribution in [0.1, 0.15) is 323 Å². The molecule has 0 saturated heterocycles. The van der Waals surface area contributed by atoms with E-state index in [0.29, 0.717) is 32.1 Å². The lowest BCUT2D eigenvalue weighted by atomic mass is 10.0. The fraction of sp³-hybridized carbons (Fsp3) is 0.694. The summed E-state index contributed by atoms with van der Waals surface area (Å²) < 4.78 is 68.5. The Kier molecular flexibility index (Phi) is 72.9. The van der Waals surface area contributed by atoms with Crippen molar-refractivity contribution >= 4 is 39.5 Å². The molecule has 3 N–H and O–H groups in total. The van der Waals surface area contributed by atoms with Crippen LogP contribution in [0.25, 0.3) is 0 Å². The zero-order valence-electron chi connectivity index (χ0n) is 65.2. The second kappa shape index (κ2) is 76.4. The van der Waals surface area contributed by atoms with Crippen LogP contribution >= 0.6 is 15.6 Å². The molecule has 0 aromatic heterocycles. The molecule has 0 aromatic rings. The first-order chi connectivity index (χ1) is 50.7. The van der Waals surface area contributed by atoms with E-state index >= 15 is 0 Å². The Morgan fingerprint density at radius 1 is 0.279 bits per heavy atom. The summed E-state index contributed by atoms with van der Waals surface area (Å²) in [6.45, 7) is 4.60. The van der Waals surface area contributed by atoms with Crippen molar-refractivity contribution in [2.24, 2.45) is 0 Å². The zero-order valence-corrected chi connectivity index (χ0v) is 66.9. The lowest BCUT2D eigenvalue weighted by Gasteiger charge is -2.21. The van der Waals surface area contributed by atoms with E-state index < -0.39 is 97.5 Å². The largest absolute Gasteiger partial charge is 0.472 e. The van der Waals surface area contributed by atoms with Crippen molar-refractivity contribution in [2.75, 3.05) is 39.6 Å². The lowest BCUT2D eigenvalue weighted by molar-refractivity contribution is -0.161. The molecule has 0 aliphatic rings. The molecule has 5 atom stereocenters. The van der Waals surface area contributed by atoms with Gasteiger partial charge in [0.1, 0.15) is 19.3 Å². The minimum Gasteiger partial charge on any atom is -0.462 e. The molecule has 0 aliphatic heterocycles. The van der Waals surface area contributed by atoms with E-state index in [4.69, 9.17) is 37.0 Å². The van der Waals surface area contributed by atoms with Crippen molar-refractivity contribution < 1.29 is 80.2 Å². The van der Waals surface area contributed by atoms with Gasteiger partial charge in [0, 0.05) is 25.7 Å². The second-order valence-electron chi connectivity index (χ2n) is 26.6. The summed E-state index contributed by atoms with van der Waals surface area (Å²) in [5.74, 6) is -2.31. The average Bonchev–Trinajstić information content (AvgIpc) is 0.913. The first-order valence-electron chi connectivity index (χ1n) is 40.4. The van der Waals surface area contributed by atoms with Crippen LogP contribution in [0.15, 0.2) is 134 Å². The maximum atomic E-state index is 13.1. The first kappa shape index (κ1) is 99.2. The molecule has 19 heteroatoms. The number of aliphatic hydroxyl groups excluding tert-OH is 1. The van der Waals surface area contributed by atoms with Crippen LogP contribution in [-0.4, -0.2) is 96.7 Å². The van der Waals surface area contributed by atoms with Crippen molar-refractivity contribution in [3.05, 3.63) is 134 Å². The van der Waals surface area contributed by atoms with Gasteiger partial charge in [-0.15, -0.1) is 0 Å². The van der Waals surface area contributed by atoms with Gasteiger partial charge in [0.2, 0.25) is 0 Å². The van der Waals surface area contributed by atoms with Crippen molar-refractivity contribution in [1.29, 1.82) is 0 Å². The smallest absolute Gasteiger partial charge is 0.462 e. The predicted molar refractivity (Wildman–Crippen MR) is 427 cm³/mol. The van der Waals surface area contributed by atoms with E-state index in [0.717, 1.165) is 135 Å². The standard InChI is InChI=1S/C85H144O17P2/c1-5-9-13-17-21-25-29-33-35-37-39-41-43-47-50-54-58-62-66-70-83(88)96-76-80(101-84(89)71-67-63-59-55-51-46-32-28-24-20-16-12-8-4)77-99-103(91,92)97-73-79(86)74-98-104(93,94)100-78-81(75-95-82(87)69-65-61-57-53-49-45-31-27-23-19-15-11-7-3)102-85(90)72-68-64-60-56-52-48-44-42-40-38-36-34-30-26-22-18-14-10-6-2/h10,14,21-22,25-26,28,32-36,39-42,47-48,50,52,58,62,79-81,86H,5-9,11-13,15-20,23-24,27,29-31,37-38,43-46,49,51,53-57,59-61,63-78H2,1-4H3,(H,91,92)(H,93,94)/b14-10-,25-21-,26-22-,32-28-,35-33-,36-34-,41-39-,42-40-,50-47-,52-48-,62-58-/t79-,80-,81-/m1/s1. The van der Waals surface area contributed by atoms with Crippen LogP contribution in [-0.2, 0) is 65.4 Å². The zero-order chi connectivity index (χ0) is 76.0. The number of allylic oxidation sites excluding steroid dienone is 22. The third kappa shape index (κ3) is 75.4. The number of esters is 4. The number of carbonyl (C=O) groups is 4. The fourth-order valence-electron chi connectivity index (χ4n) is 10.5. The number of hydrogen-bond acceptors (Lipinski definition) is 15. The van der Waals surface area contributed by atoms with Crippen LogP contribution in [0, 0.1) is 0 Å². The van der Waals surface area contributed by atoms with Gasteiger partial charge in [-0.2, -0.15) is 0 Å². The molecular formula is C85H144O17P2. The summed E-state index contributed by atoms with van der Waals surface area (Å²) in [7, 11) is -9.99. The number of unbranched alkanes of at least 4 members (excludes halogenated alkanes) is 27. The number of rotatable bonds is 75. The van der Waals surface area contributed by atoms with Gasteiger partial charge in [0.25, 0.3) is 0 Å². The van der Waals surface area contributed by atoms with E-state index in [1.54, 1.807) is 0 Å². The Balaban J connectivity index is 5.44. The van der Waals surface area contributed by atoms with Crippen LogP contribution in [0.4, 0.5) is 0 Å². The Labute approximate surface area is 631 Å². The van der Waals surface area contributed by atoms with Gasteiger partial charge in [0.15, 0.2) is 12.2 Å². The topological polar surface area (TPSA) is 237 Å². The lowest BCUT2D eigenvalue weighted by Crippen LogP contribution is -2.30. The highest BCUT2D eigenvalue weighted by Gasteiger charge is 2.30. The average molecular weight is 1500 g/mol. The van der Waals surface area contributed by atoms with Crippen molar-refractivity contribution in [1.82, 2.24) is 0 Å². The Morgan fingerprint density at radius 2 is 0.519 bits per heavy atom. The highest BCUT2D eigenvalue weighted by Crippen LogP contribution is 2.45. The minimum atomic E-state index is -5.00. The van der Waals surface area contributed by atoms with E-state index in [1.165, 1.54) is 103 Å². The first-order valence-corrected chi connectivity index (χ1v) is 43.4. The van der Waals surface area contributed by atoms with Gasteiger partial charge in [-0.05, 0) is 135 Å². The quantitative estimate of drug-likeness (QED) is 0.0169. The summed E-state index contributed by atoms with van der Waals surface area (Å²) in [6, 6.07) is 0. The predicted octanol–water partition coefficient (Wildman–Crippen LogP) is 23.7. The molecule has 2 unspecified atom stereocenters. The summed E-state index contributed by atoms with van der Waals surface area (Å²) in [6.07, 6.45) is 85.9. The second-order valence-corrected chi connectivity index (χ2v) is 29.5. The molecule has 0 aliphatic carbocycles. The number of phosphoric acid groups is 2. The van der Waals surface area contributed by atoms with Crippen LogP contribution in [0.3, 0.4) is 0 Å². The summed E-state index contributed by atoms with van der Waals surface area (Å²) >= 11 is 0. The molecule has 596 valence electrons. The molecule has 0 radical (unpaired) electrons. The molecule has 0 rings (SSSR count). The summed E-state index contributed by atoms with van der Waals surface area (Å²) in [4.78, 5) is 73.0. The van der Waals surface area contributed by atoms with Crippen LogP contribution in [0.5, 0.6) is 0 Å². The van der Waals surface area contributed by atoms with Crippen molar-refractivity contribution in [3.63, 3.8) is 0 Å². The van der Waals surface area contributed by atoms with Crippen molar-refractivity contribution in [2.45, 2.75) is 341 Å². The van der Waals surface area contributed by atoms with E-state index in [1.807, 2.05) is 12.2 Å². The molecule has 0 spiro atoms. The van der Waals surface area contributed by atoms with Gasteiger partial charge >= 0.3 is 39.5 Å². The summed E-state index contributed by atoms with van der Waals surface area (Å²) in [5.41, 5.74) is 0. The molecule has 0 bridgehead atoms. The third-order valence-electron chi connectivity index (χ3n) is 16.6. The number of aliphatic hydroxyl groups is 1. The molecular weight excluding hydrogens is 1350 g/mol. The van der Waals surface area contributed by atoms with Crippen LogP contribution in [0.2, 0.25) is 0 Å². The number of hydrogen-bond donors (Lipinski definition) is 3. The SMILES string of the molecule is CC/C=C\C/C=C\C/C=C\C/C=C\C/C=C\CCCCCC(=O)O[C@H](COC(=O)CCCCCCCCCCCCCCC)COP(=O)(O)OC[C@H](O)COP(=O)(O)OC[C@@H](COC(=O)CC/C=C\C/C=C\C/C=C\C/C=C\C/C=C\CCCCC)OC(=O)CCCCCCC/C=C\CCCCCC. The summed E-state index contributed by atoms with van der Waals surface area (Å²) in [5, 5.41) is 10.6. The van der Waals surface area contributed by atoms with Gasteiger partial charge in [-0.1, -0.05) is 296 Å². The third-order valence-corrected chi connectivity index (χ3v) is 18.5. The highest BCUT2D eigenvalue weighted by molar-refractivity contribution is 7.47. The van der Waals surface area contributed by atoms with E-state index in [9.17, 15) is 43.2 Å². The number of phosphoric ester groups is 2. The minimum absolute atomic E-state index is 0.0339. The Bertz CT molecular complexity index is 2490. The van der Waals surface area contributed by atoms with Gasteiger partial charge in [-0.25, -0.2) is 9.13 Å². The molecule has 0 fully saturated rings. The van der Waals surface area contributed by atoms with Crippen molar-refractivity contribution in [3.8, 4) is 0 Å².